The zero-order valence-corrected chi connectivity index (χ0v) is 10.7. The highest BCUT2D eigenvalue weighted by atomic mass is 19.1. The smallest absolute Gasteiger partial charge is 0.127 e. The Kier molecular flexibility index (Phi) is 4.48. The fraction of sp³-hybridized carbons (Fsp3) is 0.571. The van der Waals surface area contributed by atoms with Crippen LogP contribution in [0.5, 0.6) is 0 Å². The van der Waals surface area contributed by atoms with Crippen LogP contribution in [0, 0.1) is 11.2 Å². The maximum absolute atomic E-state index is 13.5. The van der Waals surface area contributed by atoms with Crippen molar-refractivity contribution in [2.45, 2.75) is 40.2 Å². The number of halogens is 1. The standard InChI is InChI=1S/C14H22FN/c1-11(16-10-9-14(2,3)4)12-7-5-6-8-13(12)15/h5-8,11,16H,9-10H2,1-4H3/t11-/m1/s1. The molecule has 0 aliphatic carbocycles. The second kappa shape index (κ2) is 5.44. The van der Waals surface area contributed by atoms with Gasteiger partial charge in [-0.3, -0.25) is 0 Å². The van der Waals surface area contributed by atoms with Crippen molar-refractivity contribution >= 4 is 0 Å². The first-order valence-electron chi connectivity index (χ1n) is 5.88. The lowest BCUT2D eigenvalue weighted by molar-refractivity contribution is 0.356. The van der Waals surface area contributed by atoms with E-state index in [0.29, 0.717) is 5.41 Å². The summed E-state index contributed by atoms with van der Waals surface area (Å²) in [4.78, 5) is 0. The van der Waals surface area contributed by atoms with Crippen LogP contribution in [0.25, 0.3) is 0 Å². The van der Waals surface area contributed by atoms with Crippen LogP contribution in [0.3, 0.4) is 0 Å². The van der Waals surface area contributed by atoms with Crippen molar-refractivity contribution in [3.05, 3.63) is 35.6 Å². The van der Waals surface area contributed by atoms with E-state index < -0.39 is 0 Å². The third kappa shape index (κ3) is 4.31. The summed E-state index contributed by atoms with van der Waals surface area (Å²) >= 11 is 0. The minimum Gasteiger partial charge on any atom is -0.310 e. The molecule has 16 heavy (non-hydrogen) atoms. The van der Waals surface area contributed by atoms with Gasteiger partial charge in [0, 0.05) is 11.6 Å². The summed E-state index contributed by atoms with van der Waals surface area (Å²) in [5, 5.41) is 3.36. The number of nitrogens with one attached hydrogen (secondary N) is 1. The van der Waals surface area contributed by atoms with Gasteiger partial charge in [-0.15, -0.1) is 0 Å². The van der Waals surface area contributed by atoms with Crippen molar-refractivity contribution in [1.29, 1.82) is 0 Å². The molecule has 0 spiro atoms. The second-order valence-electron chi connectivity index (χ2n) is 5.51. The van der Waals surface area contributed by atoms with E-state index in [2.05, 4.69) is 26.1 Å². The molecule has 1 atom stereocenters. The van der Waals surface area contributed by atoms with E-state index in [4.69, 9.17) is 0 Å². The van der Waals surface area contributed by atoms with Crippen LogP contribution < -0.4 is 5.32 Å². The van der Waals surface area contributed by atoms with Crippen LogP contribution in [0.15, 0.2) is 24.3 Å². The quantitative estimate of drug-likeness (QED) is 0.816. The molecule has 0 heterocycles. The van der Waals surface area contributed by atoms with E-state index in [-0.39, 0.29) is 11.9 Å². The zero-order valence-electron chi connectivity index (χ0n) is 10.7. The summed E-state index contributed by atoms with van der Waals surface area (Å²) in [6.45, 7) is 9.55. The molecule has 0 aliphatic heterocycles. The Morgan fingerprint density at radius 1 is 1.25 bits per heavy atom. The zero-order chi connectivity index (χ0) is 12.2. The van der Waals surface area contributed by atoms with Gasteiger partial charge in [-0.25, -0.2) is 4.39 Å². The molecule has 0 bridgehead atoms. The van der Waals surface area contributed by atoms with E-state index >= 15 is 0 Å². The summed E-state index contributed by atoms with van der Waals surface area (Å²) in [6.07, 6.45) is 1.09. The molecule has 1 N–H and O–H groups in total. The fourth-order valence-corrected chi connectivity index (χ4v) is 1.60. The largest absolute Gasteiger partial charge is 0.310 e. The molecular weight excluding hydrogens is 201 g/mol. The topological polar surface area (TPSA) is 12.0 Å². The Morgan fingerprint density at radius 3 is 2.44 bits per heavy atom. The van der Waals surface area contributed by atoms with Crippen LogP contribution >= 0.6 is 0 Å². The molecule has 0 aliphatic rings. The monoisotopic (exact) mass is 223 g/mol. The van der Waals surface area contributed by atoms with Crippen molar-refractivity contribution < 1.29 is 4.39 Å². The second-order valence-corrected chi connectivity index (χ2v) is 5.51. The average molecular weight is 223 g/mol. The first-order valence-corrected chi connectivity index (χ1v) is 5.88. The molecule has 1 aromatic rings. The van der Waals surface area contributed by atoms with E-state index in [1.807, 2.05) is 19.1 Å². The van der Waals surface area contributed by atoms with Crippen LogP contribution in [0.2, 0.25) is 0 Å². The maximum Gasteiger partial charge on any atom is 0.127 e. The van der Waals surface area contributed by atoms with Gasteiger partial charge in [0.1, 0.15) is 5.82 Å². The summed E-state index contributed by atoms with van der Waals surface area (Å²) in [5.74, 6) is -0.127. The lowest BCUT2D eigenvalue weighted by Gasteiger charge is -2.21. The lowest BCUT2D eigenvalue weighted by atomic mass is 9.92. The van der Waals surface area contributed by atoms with Gasteiger partial charge in [0.15, 0.2) is 0 Å². The van der Waals surface area contributed by atoms with Gasteiger partial charge in [-0.1, -0.05) is 39.0 Å². The summed E-state index contributed by atoms with van der Waals surface area (Å²) in [5.41, 5.74) is 1.07. The van der Waals surface area contributed by atoms with Crippen LogP contribution in [0.1, 0.15) is 45.7 Å². The van der Waals surface area contributed by atoms with Gasteiger partial charge in [0.2, 0.25) is 0 Å². The molecule has 2 heteroatoms. The third-order valence-corrected chi connectivity index (χ3v) is 2.70. The van der Waals surface area contributed by atoms with E-state index in [0.717, 1.165) is 18.5 Å². The van der Waals surface area contributed by atoms with Gasteiger partial charge in [-0.2, -0.15) is 0 Å². The molecule has 0 saturated carbocycles. The predicted octanol–water partition coefficient (Wildman–Crippen LogP) is 3.91. The van der Waals surface area contributed by atoms with Crippen molar-refractivity contribution in [3.8, 4) is 0 Å². The molecule has 0 fully saturated rings. The van der Waals surface area contributed by atoms with Gasteiger partial charge in [-0.05, 0) is 31.4 Å². The van der Waals surface area contributed by atoms with E-state index in [1.54, 1.807) is 6.07 Å². The average Bonchev–Trinajstić information content (AvgIpc) is 2.16. The summed E-state index contributed by atoms with van der Waals surface area (Å²) < 4.78 is 13.5. The van der Waals surface area contributed by atoms with Crippen molar-refractivity contribution in [1.82, 2.24) is 5.32 Å². The molecule has 1 aromatic carbocycles. The Balaban J connectivity index is 2.47. The summed E-state index contributed by atoms with van der Waals surface area (Å²) in [7, 11) is 0. The minimum absolute atomic E-state index is 0.0727. The Bertz CT molecular complexity index is 328. The lowest BCUT2D eigenvalue weighted by Crippen LogP contribution is -2.24. The molecule has 0 amide bonds. The van der Waals surface area contributed by atoms with Crippen molar-refractivity contribution in [2.75, 3.05) is 6.54 Å². The maximum atomic E-state index is 13.5. The Morgan fingerprint density at radius 2 is 1.88 bits per heavy atom. The molecule has 0 aromatic heterocycles. The van der Waals surface area contributed by atoms with Crippen LogP contribution in [-0.2, 0) is 0 Å². The highest BCUT2D eigenvalue weighted by molar-refractivity contribution is 5.20. The van der Waals surface area contributed by atoms with Gasteiger partial charge in [0.05, 0.1) is 0 Å². The Hall–Kier alpha value is -0.890. The molecule has 1 nitrogen and oxygen atoms in total. The van der Waals surface area contributed by atoms with Gasteiger partial charge in [0.25, 0.3) is 0 Å². The molecular formula is C14H22FN. The van der Waals surface area contributed by atoms with Crippen molar-refractivity contribution in [3.63, 3.8) is 0 Å². The molecule has 0 saturated heterocycles. The third-order valence-electron chi connectivity index (χ3n) is 2.70. The highest BCUT2D eigenvalue weighted by Gasteiger charge is 2.12. The molecule has 1 rings (SSSR count). The van der Waals surface area contributed by atoms with E-state index in [1.165, 1.54) is 6.07 Å². The first-order chi connectivity index (χ1) is 7.40. The SMILES string of the molecule is C[C@@H](NCCC(C)(C)C)c1ccccc1F. The van der Waals surface area contributed by atoms with Crippen LogP contribution in [0.4, 0.5) is 4.39 Å². The number of hydrogen-bond donors (Lipinski definition) is 1. The molecule has 90 valence electrons. The van der Waals surface area contributed by atoms with Gasteiger partial charge < -0.3 is 5.32 Å². The number of hydrogen-bond acceptors (Lipinski definition) is 1. The van der Waals surface area contributed by atoms with E-state index in [9.17, 15) is 4.39 Å². The normalized spacial score (nSPS) is 13.8. The first kappa shape index (κ1) is 13.2. The summed E-state index contributed by atoms with van der Waals surface area (Å²) in [6, 6.07) is 7.02. The van der Waals surface area contributed by atoms with Gasteiger partial charge >= 0.3 is 0 Å². The number of rotatable bonds is 4. The highest BCUT2D eigenvalue weighted by Crippen LogP contribution is 2.19. The molecule has 0 unspecified atom stereocenters. The number of benzene rings is 1. The molecule has 0 radical (unpaired) electrons. The minimum atomic E-state index is -0.127. The van der Waals surface area contributed by atoms with Crippen molar-refractivity contribution in [2.24, 2.45) is 5.41 Å². The predicted molar refractivity (Wildman–Crippen MR) is 66.9 cm³/mol. The Labute approximate surface area is 98.1 Å². The fourth-order valence-electron chi connectivity index (χ4n) is 1.60. The van der Waals surface area contributed by atoms with Crippen LogP contribution in [-0.4, -0.2) is 6.54 Å².